The first-order valence-electron chi connectivity index (χ1n) is 11.9. The molecule has 3 aromatic carbocycles. The van der Waals surface area contributed by atoms with E-state index in [9.17, 15) is 19.5 Å². The first-order valence-corrected chi connectivity index (χ1v) is 12.3. The van der Waals surface area contributed by atoms with Crippen molar-refractivity contribution in [2.24, 2.45) is 0 Å². The van der Waals surface area contributed by atoms with Crippen LogP contribution in [0.5, 0.6) is 0 Å². The number of hydrogen-bond acceptors (Lipinski definition) is 5. The molecule has 8 nitrogen and oxygen atoms in total. The molecule has 1 saturated heterocycles. The van der Waals surface area contributed by atoms with Gasteiger partial charge < -0.3 is 21.5 Å². The summed E-state index contributed by atoms with van der Waals surface area (Å²) in [6, 6.07) is 24.8. The molecule has 10 heteroatoms. The molecule has 1 fully saturated rings. The average molecular weight is 546 g/mol. The molecule has 1 heterocycles. The Hall–Kier alpha value is -2.72. The van der Waals surface area contributed by atoms with Crippen molar-refractivity contribution in [3.8, 4) is 0 Å². The summed E-state index contributed by atoms with van der Waals surface area (Å²) in [5.41, 5.74) is 2.39. The van der Waals surface area contributed by atoms with Crippen LogP contribution >= 0.6 is 11.6 Å². The molecule has 0 bridgehead atoms. The zero-order chi connectivity index (χ0) is 26.2. The topological polar surface area (TPSA) is 99.2 Å². The fraction of sp³-hybridized carbons (Fsp3) is 0.250. The number of nitrogens with zero attached hydrogens (tertiary/aromatic N) is 2. The van der Waals surface area contributed by atoms with Gasteiger partial charge in [-0.15, -0.1) is 0 Å². The Morgan fingerprint density at radius 3 is 2.03 bits per heavy atom. The summed E-state index contributed by atoms with van der Waals surface area (Å²) in [7, 11) is 0. The molecule has 0 radical (unpaired) electrons. The normalized spacial score (nSPS) is 13.6. The SMILES string of the molecule is O=C(COCC(=O)N1CCN(C(c2ccccc2)c2ccccc2)CC1)Nc1cc(Cl)ccc1C(=O)O.[H-].[Na+]. The first kappa shape index (κ1) is 29.8. The summed E-state index contributed by atoms with van der Waals surface area (Å²) in [5.74, 6) is -1.96. The number of ether oxygens (including phenoxy) is 1. The second-order valence-electron chi connectivity index (χ2n) is 8.68. The van der Waals surface area contributed by atoms with Crippen molar-refractivity contribution in [2.45, 2.75) is 6.04 Å². The number of rotatable bonds is 9. The van der Waals surface area contributed by atoms with E-state index >= 15 is 0 Å². The maximum absolute atomic E-state index is 12.7. The molecule has 2 amide bonds. The molecule has 1 aliphatic heterocycles. The predicted octanol–water partition coefficient (Wildman–Crippen LogP) is 1.04. The van der Waals surface area contributed by atoms with Crippen LogP contribution in [-0.4, -0.2) is 72.1 Å². The van der Waals surface area contributed by atoms with Gasteiger partial charge in [0.2, 0.25) is 11.8 Å². The van der Waals surface area contributed by atoms with E-state index in [2.05, 4.69) is 34.5 Å². The van der Waals surface area contributed by atoms with Gasteiger partial charge in [-0.2, -0.15) is 0 Å². The number of carboxylic acids is 1. The second kappa shape index (κ2) is 14.4. The number of aromatic carboxylic acids is 1. The zero-order valence-electron chi connectivity index (χ0n) is 22.2. The van der Waals surface area contributed by atoms with E-state index in [0.29, 0.717) is 26.2 Å². The number of hydrogen-bond donors (Lipinski definition) is 2. The van der Waals surface area contributed by atoms with E-state index in [0.717, 1.165) is 0 Å². The minimum atomic E-state index is -1.19. The van der Waals surface area contributed by atoms with Crippen LogP contribution in [0.4, 0.5) is 5.69 Å². The zero-order valence-corrected chi connectivity index (χ0v) is 23.9. The summed E-state index contributed by atoms with van der Waals surface area (Å²) in [6.45, 7) is 1.88. The summed E-state index contributed by atoms with van der Waals surface area (Å²) >= 11 is 5.91. The fourth-order valence-corrected chi connectivity index (χ4v) is 4.60. The smallest absolute Gasteiger partial charge is 1.00 e. The maximum atomic E-state index is 12.7. The van der Waals surface area contributed by atoms with E-state index in [4.69, 9.17) is 16.3 Å². The van der Waals surface area contributed by atoms with E-state index in [-0.39, 0.29) is 72.4 Å². The van der Waals surface area contributed by atoms with Crippen molar-refractivity contribution in [3.05, 3.63) is 101 Å². The van der Waals surface area contributed by atoms with Crippen LogP contribution in [0, 0.1) is 0 Å². The van der Waals surface area contributed by atoms with E-state index in [1.807, 2.05) is 36.4 Å². The van der Waals surface area contributed by atoms with Gasteiger partial charge in [-0.25, -0.2) is 4.79 Å². The number of carboxylic acid groups (broad SMARTS) is 1. The van der Waals surface area contributed by atoms with Crippen molar-refractivity contribution < 1.29 is 55.2 Å². The van der Waals surface area contributed by atoms with E-state index in [1.165, 1.54) is 29.3 Å². The minimum Gasteiger partial charge on any atom is -1.00 e. The van der Waals surface area contributed by atoms with E-state index < -0.39 is 11.9 Å². The molecular formula is C28H29ClN3NaO5. The molecule has 3 aromatic rings. The van der Waals surface area contributed by atoms with Gasteiger partial charge in [0.1, 0.15) is 13.2 Å². The van der Waals surface area contributed by atoms with Crippen molar-refractivity contribution in [3.63, 3.8) is 0 Å². The van der Waals surface area contributed by atoms with Gasteiger partial charge in [0.15, 0.2) is 0 Å². The van der Waals surface area contributed by atoms with Gasteiger partial charge in [0, 0.05) is 31.2 Å². The number of carbonyl (C=O) groups is 3. The molecule has 2 N–H and O–H groups in total. The Bertz CT molecular complexity index is 1200. The molecule has 194 valence electrons. The maximum Gasteiger partial charge on any atom is 1.00 e. The summed E-state index contributed by atoms with van der Waals surface area (Å²) < 4.78 is 5.33. The Morgan fingerprint density at radius 1 is 0.895 bits per heavy atom. The van der Waals surface area contributed by atoms with Crippen molar-refractivity contribution in [2.75, 3.05) is 44.7 Å². The third-order valence-corrected chi connectivity index (χ3v) is 6.44. The van der Waals surface area contributed by atoms with Crippen LogP contribution in [0.3, 0.4) is 0 Å². The second-order valence-corrected chi connectivity index (χ2v) is 9.11. The summed E-state index contributed by atoms with van der Waals surface area (Å²) in [4.78, 5) is 40.4. The number of carbonyl (C=O) groups excluding carboxylic acids is 2. The van der Waals surface area contributed by atoms with Crippen LogP contribution in [0.15, 0.2) is 78.9 Å². The van der Waals surface area contributed by atoms with Gasteiger partial charge >= 0.3 is 35.5 Å². The molecule has 1 aliphatic rings. The van der Waals surface area contributed by atoms with Crippen LogP contribution in [0.1, 0.15) is 29.0 Å². The first-order chi connectivity index (χ1) is 17.9. The molecular weight excluding hydrogens is 517 g/mol. The van der Waals surface area contributed by atoms with E-state index in [1.54, 1.807) is 4.90 Å². The monoisotopic (exact) mass is 545 g/mol. The molecule has 4 rings (SSSR count). The number of halogens is 1. The van der Waals surface area contributed by atoms with Gasteiger partial charge in [-0.3, -0.25) is 14.5 Å². The van der Waals surface area contributed by atoms with Gasteiger partial charge in [0.25, 0.3) is 0 Å². The molecule has 0 spiro atoms. The number of piperazine rings is 1. The van der Waals surface area contributed by atoms with Crippen LogP contribution in [0.2, 0.25) is 5.02 Å². The number of amides is 2. The number of nitrogens with one attached hydrogen (secondary N) is 1. The Balaban J connectivity index is 0.00000267. The molecule has 0 atom stereocenters. The van der Waals surface area contributed by atoms with Crippen LogP contribution in [-0.2, 0) is 14.3 Å². The summed E-state index contributed by atoms with van der Waals surface area (Å²) in [5, 5.41) is 12.0. The molecule has 0 aliphatic carbocycles. The Morgan fingerprint density at radius 2 is 1.47 bits per heavy atom. The molecule has 0 saturated carbocycles. The van der Waals surface area contributed by atoms with Crippen LogP contribution in [0.25, 0.3) is 0 Å². The predicted molar refractivity (Wildman–Crippen MR) is 142 cm³/mol. The largest absolute Gasteiger partial charge is 1.00 e. The van der Waals surface area contributed by atoms with Crippen molar-refractivity contribution in [1.29, 1.82) is 0 Å². The van der Waals surface area contributed by atoms with Crippen LogP contribution < -0.4 is 34.9 Å². The third-order valence-electron chi connectivity index (χ3n) is 6.21. The number of benzene rings is 3. The standard InChI is InChI=1S/C28H28ClN3O5.Na.H/c29-22-11-12-23(28(35)36)24(17-22)30-25(33)18-37-19-26(34)31-13-15-32(16-14-31)27(20-7-3-1-4-8-20)21-9-5-2-6-10-21;;/h1-12,17,27H,13-16,18-19H2,(H,30,33)(H,35,36);;/q;+1;-1. The number of anilines is 1. The quantitative estimate of drug-likeness (QED) is 0.390. The van der Waals surface area contributed by atoms with Crippen molar-refractivity contribution >= 4 is 35.1 Å². The molecule has 0 aromatic heterocycles. The molecule has 38 heavy (non-hydrogen) atoms. The van der Waals surface area contributed by atoms with Gasteiger partial charge in [0.05, 0.1) is 17.3 Å². The summed E-state index contributed by atoms with van der Waals surface area (Å²) in [6.07, 6.45) is 0. The minimum absolute atomic E-state index is 0. The molecule has 0 unspecified atom stereocenters. The fourth-order valence-electron chi connectivity index (χ4n) is 4.43. The average Bonchev–Trinajstić information content (AvgIpc) is 2.90. The van der Waals surface area contributed by atoms with Gasteiger partial charge in [-0.05, 0) is 29.3 Å². The Labute approximate surface area is 250 Å². The van der Waals surface area contributed by atoms with Gasteiger partial charge in [-0.1, -0.05) is 72.3 Å². The third kappa shape index (κ3) is 7.89. The Kier molecular flexibility index (Phi) is 11.3. The van der Waals surface area contributed by atoms with Crippen molar-refractivity contribution in [1.82, 2.24) is 9.80 Å².